The fraction of sp³-hybridized carbons (Fsp3) is 0.400. The van der Waals surface area contributed by atoms with Gasteiger partial charge in [-0.3, -0.25) is 4.79 Å². The predicted molar refractivity (Wildman–Crippen MR) is 73.6 cm³/mol. The van der Waals surface area contributed by atoms with Crippen molar-refractivity contribution >= 4 is 5.91 Å². The topological polar surface area (TPSA) is 55.6 Å². The van der Waals surface area contributed by atoms with Crippen LogP contribution in [-0.4, -0.2) is 43.2 Å². The molecule has 0 bridgehead atoms. The molecule has 1 heterocycles. The molecule has 4 nitrogen and oxygen atoms in total. The number of amides is 1. The molecule has 1 saturated heterocycles. The second-order valence-corrected chi connectivity index (χ2v) is 4.62. The van der Waals surface area contributed by atoms with Gasteiger partial charge in [-0.25, -0.2) is 4.39 Å². The standard InChI is InChI=1S/C15H17FN2O2/c1-11-10-20-8-7-18(11)15(19)14-5-4-13(16)9-12(14)3-2-6-17/h4-5,9,11H,6-8,10,17H2,1H3. The van der Waals surface area contributed by atoms with Crippen molar-refractivity contribution in [3.05, 3.63) is 35.1 Å². The second kappa shape index (κ2) is 6.51. The number of nitrogens with zero attached hydrogens (tertiary/aromatic N) is 1. The number of ether oxygens (including phenoxy) is 1. The molecular formula is C15H17FN2O2. The Kier molecular flexibility index (Phi) is 4.72. The van der Waals surface area contributed by atoms with Crippen molar-refractivity contribution in [2.45, 2.75) is 13.0 Å². The zero-order valence-electron chi connectivity index (χ0n) is 11.4. The summed E-state index contributed by atoms with van der Waals surface area (Å²) in [6.45, 7) is 3.64. The summed E-state index contributed by atoms with van der Waals surface area (Å²) in [7, 11) is 0. The molecule has 1 unspecified atom stereocenters. The number of carbonyl (C=O) groups is 1. The van der Waals surface area contributed by atoms with Crippen LogP contribution >= 0.6 is 0 Å². The van der Waals surface area contributed by atoms with E-state index in [1.807, 2.05) is 6.92 Å². The van der Waals surface area contributed by atoms with Crippen molar-refractivity contribution < 1.29 is 13.9 Å². The van der Waals surface area contributed by atoms with E-state index in [2.05, 4.69) is 11.8 Å². The van der Waals surface area contributed by atoms with Crippen molar-refractivity contribution in [1.29, 1.82) is 0 Å². The minimum atomic E-state index is -0.419. The molecule has 0 radical (unpaired) electrons. The van der Waals surface area contributed by atoms with Crippen molar-refractivity contribution in [1.82, 2.24) is 4.90 Å². The van der Waals surface area contributed by atoms with E-state index in [-0.39, 0.29) is 18.5 Å². The molecule has 2 N–H and O–H groups in total. The van der Waals surface area contributed by atoms with Gasteiger partial charge in [0.15, 0.2) is 0 Å². The number of halogens is 1. The molecule has 0 aromatic heterocycles. The molecule has 106 valence electrons. The van der Waals surface area contributed by atoms with Crippen LogP contribution in [0.1, 0.15) is 22.8 Å². The molecule has 1 amide bonds. The number of rotatable bonds is 1. The third-order valence-electron chi connectivity index (χ3n) is 3.17. The van der Waals surface area contributed by atoms with Gasteiger partial charge in [-0.2, -0.15) is 0 Å². The predicted octanol–water partition coefficient (Wildman–Crippen LogP) is 0.997. The molecule has 1 fully saturated rings. The SMILES string of the molecule is CC1COCCN1C(=O)c1ccc(F)cc1C#CCN. The fourth-order valence-electron chi connectivity index (χ4n) is 2.14. The van der Waals surface area contributed by atoms with Gasteiger partial charge in [0.25, 0.3) is 5.91 Å². The molecule has 0 aliphatic carbocycles. The number of hydrogen-bond donors (Lipinski definition) is 1. The Bertz CT molecular complexity index is 563. The Labute approximate surface area is 117 Å². The average Bonchev–Trinajstić information content (AvgIpc) is 2.45. The normalized spacial score (nSPS) is 18.4. The Morgan fingerprint density at radius 1 is 1.60 bits per heavy atom. The molecule has 1 aromatic rings. The first kappa shape index (κ1) is 14.5. The molecule has 1 aromatic carbocycles. The number of nitrogens with two attached hydrogens (primary N) is 1. The van der Waals surface area contributed by atoms with E-state index in [9.17, 15) is 9.18 Å². The van der Waals surface area contributed by atoms with Crippen LogP contribution in [0.3, 0.4) is 0 Å². The van der Waals surface area contributed by atoms with E-state index >= 15 is 0 Å². The molecule has 20 heavy (non-hydrogen) atoms. The van der Waals surface area contributed by atoms with Crippen molar-refractivity contribution in [3.63, 3.8) is 0 Å². The lowest BCUT2D eigenvalue weighted by Crippen LogP contribution is -2.47. The molecule has 2 rings (SSSR count). The highest BCUT2D eigenvalue weighted by atomic mass is 19.1. The minimum absolute atomic E-state index is 0.00313. The zero-order chi connectivity index (χ0) is 14.5. The Hall–Kier alpha value is -1.90. The van der Waals surface area contributed by atoms with Crippen LogP contribution in [0.15, 0.2) is 18.2 Å². The van der Waals surface area contributed by atoms with Crippen LogP contribution in [0.4, 0.5) is 4.39 Å². The van der Waals surface area contributed by atoms with Crippen LogP contribution < -0.4 is 5.73 Å². The summed E-state index contributed by atoms with van der Waals surface area (Å²) >= 11 is 0. The largest absolute Gasteiger partial charge is 0.377 e. The third-order valence-corrected chi connectivity index (χ3v) is 3.17. The summed E-state index contributed by atoms with van der Waals surface area (Å²) in [6.07, 6.45) is 0. The number of hydrogen-bond acceptors (Lipinski definition) is 3. The number of carbonyl (C=O) groups excluding carboxylic acids is 1. The lowest BCUT2D eigenvalue weighted by molar-refractivity contribution is 0.00357. The smallest absolute Gasteiger partial charge is 0.255 e. The molecule has 0 spiro atoms. The molecule has 1 atom stereocenters. The fourth-order valence-corrected chi connectivity index (χ4v) is 2.14. The van der Waals surface area contributed by atoms with Gasteiger partial charge >= 0.3 is 0 Å². The first-order chi connectivity index (χ1) is 9.63. The van der Waals surface area contributed by atoms with E-state index < -0.39 is 5.82 Å². The quantitative estimate of drug-likeness (QED) is 0.778. The molecule has 5 heteroatoms. The van der Waals surface area contributed by atoms with Crippen LogP contribution in [0.2, 0.25) is 0 Å². The van der Waals surface area contributed by atoms with Gasteiger partial charge in [-0.1, -0.05) is 11.8 Å². The molecular weight excluding hydrogens is 259 g/mol. The highest BCUT2D eigenvalue weighted by Crippen LogP contribution is 2.16. The lowest BCUT2D eigenvalue weighted by Gasteiger charge is -2.33. The first-order valence-electron chi connectivity index (χ1n) is 6.50. The Morgan fingerprint density at radius 3 is 3.10 bits per heavy atom. The van der Waals surface area contributed by atoms with Gasteiger partial charge in [0.05, 0.1) is 31.4 Å². The summed E-state index contributed by atoms with van der Waals surface area (Å²) in [5, 5.41) is 0. The third kappa shape index (κ3) is 3.16. The van der Waals surface area contributed by atoms with Gasteiger partial charge in [0.1, 0.15) is 5.82 Å². The summed E-state index contributed by atoms with van der Waals surface area (Å²) in [5.41, 5.74) is 6.10. The molecule has 0 saturated carbocycles. The van der Waals surface area contributed by atoms with E-state index in [4.69, 9.17) is 10.5 Å². The molecule has 1 aliphatic rings. The van der Waals surface area contributed by atoms with Crippen LogP contribution in [0.25, 0.3) is 0 Å². The monoisotopic (exact) mass is 276 g/mol. The van der Waals surface area contributed by atoms with Gasteiger partial charge in [0.2, 0.25) is 0 Å². The average molecular weight is 276 g/mol. The highest BCUT2D eigenvalue weighted by molar-refractivity contribution is 5.97. The van der Waals surface area contributed by atoms with Crippen LogP contribution in [0, 0.1) is 17.7 Å². The van der Waals surface area contributed by atoms with Crippen molar-refractivity contribution in [3.8, 4) is 11.8 Å². The lowest BCUT2D eigenvalue weighted by atomic mass is 10.0. The van der Waals surface area contributed by atoms with Crippen molar-refractivity contribution in [2.24, 2.45) is 5.73 Å². The maximum Gasteiger partial charge on any atom is 0.255 e. The number of morpholine rings is 1. The van der Waals surface area contributed by atoms with E-state index in [0.29, 0.717) is 30.9 Å². The summed E-state index contributed by atoms with van der Waals surface area (Å²) < 4.78 is 18.6. The first-order valence-corrected chi connectivity index (χ1v) is 6.50. The summed E-state index contributed by atoms with van der Waals surface area (Å²) in [4.78, 5) is 14.3. The van der Waals surface area contributed by atoms with E-state index in [1.54, 1.807) is 4.90 Å². The number of benzene rings is 1. The van der Waals surface area contributed by atoms with Gasteiger partial charge in [0, 0.05) is 12.1 Å². The van der Waals surface area contributed by atoms with E-state index in [1.165, 1.54) is 18.2 Å². The zero-order valence-corrected chi connectivity index (χ0v) is 11.4. The summed E-state index contributed by atoms with van der Waals surface area (Å²) in [5.74, 6) is 4.84. The van der Waals surface area contributed by atoms with Gasteiger partial charge in [-0.15, -0.1) is 0 Å². The van der Waals surface area contributed by atoms with Gasteiger partial charge < -0.3 is 15.4 Å². The van der Waals surface area contributed by atoms with Gasteiger partial charge in [-0.05, 0) is 25.1 Å². The Balaban J connectivity index is 2.33. The van der Waals surface area contributed by atoms with Crippen LogP contribution in [0.5, 0.6) is 0 Å². The Morgan fingerprint density at radius 2 is 2.40 bits per heavy atom. The summed E-state index contributed by atoms with van der Waals surface area (Å²) in [6, 6.07) is 4.00. The van der Waals surface area contributed by atoms with E-state index in [0.717, 1.165) is 0 Å². The highest BCUT2D eigenvalue weighted by Gasteiger charge is 2.26. The van der Waals surface area contributed by atoms with Crippen LogP contribution in [-0.2, 0) is 4.74 Å². The maximum absolute atomic E-state index is 13.3. The van der Waals surface area contributed by atoms with Crippen molar-refractivity contribution in [2.75, 3.05) is 26.3 Å². The second-order valence-electron chi connectivity index (χ2n) is 4.62. The minimum Gasteiger partial charge on any atom is -0.377 e. The molecule has 1 aliphatic heterocycles. The maximum atomic E-state index is 13.3.